The van der Waals surface area contributed by atoms with Crippen molar-refractivity contribution in [2.24, 2.45) is 5.92 Å². The van der Waals surface area contributed by atoms with E-state index in [-0.39, 0.29) is 30.1 Å². The molecule has 0 spiro atoms. The van der Waals surface area contributed by atoms with Crippen LogP contribution in [-0.2, 0) is 23.8 Å². The van der Waals surface area contributed by atoms with E-state index in [9.17, 15) is 9.59 Å². The van der Waals surface area contributed by atoms with E-state index in [1.807, 2.05) is 37.3 Å². The van der Waals surface area contributed by atoms with Gasteiger partial charge in [0.2, 0.25) is 11.4 Å². The molecule has 32 heavy (non-hydrogen) atoms. The standard InChI is InChI=1S/C26H27BrO5/c1-3-14-31-25(29)26-16-20(17-10-12-19(27)13-11-17)23(18-8-6-5-7-9-18)21(26)15-22(32-26)24(28)30-4-2/h5-13,15,20-21,23H,3-4,14,16H2,1-2H3/t20-,21?,23-,26-/m1/s1. The Morgan fingerprint density at radius 1 is 1.03 bits per heavy atom. The van der Waals surface area contributed by atoms with Gasteiger partial charge in [0.05, 0.1) is 13.2 Å². The van der Waals surface area contributed by atoms with Crippen LogP contribution in [0.5, 0.6) is 0 Å². The number of rotatable bonds is 7. The highest BCUT2D eigenvalue weighted by Crippen LogP contribution is 2.60. The van der Waals surface area contributed by atoms with Gasteiger partial charge in [-0.2, -0.15) is 0 Å². The van der Waals surface area contributed by atoms with E-state index in [4.69, 9.17) is 14.2 Å². The lowest BCUT2D eigenvalue weighted by molar-refractivity contribution is -0.170. The second-order valence-corrected chi connectivity index (χ2v) is 9.12. The van der Waals surface area contributed by atoms with Gasteiger partial charge in [0.25, 0.3) is 0 Å². The number of ether oxygens (including phenoxy) is 3. The zero-order valence-corrected chi connectivity index (χ0v) is 19.8. The molecule has 0 amide bonds. The maximum Gasteiger partial charge on any atom is 0.373 e. The van der Waals surface area contributed by atoms with Crippen LogP contribution >= 0.6 is 15.9 Å². The molecule has 1 unspecified atom stereocenters. The molecule has 6 heteroatoms. The first-order valence-corrected chi connectivity index (χ1v) is 11.8. The summed E-state index contributed by atoms with van der Waals surface area (Å²) in [5, 5.41) is 0. The third kappa shape index (κ3) is 4.08. The summed E-state index contributed by atoms with van der Waals surface area (Å²) in [5.74, 6) is -1.25. The Morgan fingerprint density at radius 3 is 2.41 bits per heavy atom. The molecule has 2 aliphatic rings. The molecule has 168 valence electrons. The Morgan fingerprint density at radius 2 is 1.75 bits per heavy atom. The lowest BCUT2D eigenvalue weighted by atomic mass is 9.78. The van der Waals surface area contributed by atoms with Crippen LogP contribution in [0.2, 0.25) is 0 Å². The Bertz CT molecular complexity index is 1000. The highest BCUT2D eigenvalue weighted by atomic mass is 79.9. The van der Waals surface area contributed by atoms with Crippen molar-refractivity contribution in [3.05, 3.63) is 82.0 Å². The SMILES string of the molecule is CCCOC(=O)[C@@]12C[C@H](c3ccc(Br)cc3)[C@@H](c3ccccc3)C1C=C(C(=O)OCC)O2. The molecule has 0 bridgehead atoms. The summed E-state index contributed by atoms with van der Waals surface area (Å²) < 4.78 is 17.9. The van der Waals surface area contributed by atoms with Crippen molar-refractivity contribution in [2.45, 2.75) is 44.1 Å². The predicted octanol–water partition coefficient (Wildman–Crippen LogP) is 5.51. The average Bonchev–Trinajstić information content (AvgIpc) is 3.33. The van der Waals surface area contributed by atoms with Gasteiger partial charge in [-0.1, -0.05) is 65.3 Å². The summed E-state index contributed by atoms with van der Waals surface area (Å²) >= 11 is 3.50. The molecule has 0 saturated heterocycles. The number of fused-ring (bicyclic) bond motifs is 1. The first-order valence-electron chi connectivity index (χ1n) is 11.1. The first kappa shape index (κ1) is 22.6. The van der Waals surface area contributed by atoms with Gasteiger partial charge in [-0.25, -0.2) is 9.59 Å². The van der Waals surface area contributed by atoms with Gasteiger partial charge >= 0.3 is 11.9 Å². The number of halogens is 1. The molecule has 0 aromatic heterocycles. The molecular formula is C26H27BrO5. The molecule has 1 fully saturated rings. The molecule has 1 heterocycles. The fourth-order valence-corrected chi connectivity index (χ4v) is 5.18. The van der Waals surface area contributed by atoms with E-state index in [0.29, 0.717) is 19.4 Å². The second-order valence-electron chi connectivity index (χ2n) is 8.20. The lowest BCUT2D eigenvalue weighted by Crippen LogP contribution is -2.43. The summed E-state index contributed by atoms with van der Waals surface area (Å²) in [6.45, 7) is 4.24. The molecule has 4 rings (SSSR count). The van der Waals surface area contributed by atoms with Gasteiger partial charge in [-0.3, -0.25) is 0 Å². The molecule has 1 aliphatic carbocycles. The highest BCUT2D eigenvalue weighted by molar-refractivity contribution is 9.10. The third-order valence-corrected chi connectivity index (χ3v) is 6.78. The van der Waals surface area contributed by atoms with Crippen molar-refractivity contribution in [1.82, 2.24) is 0 Å². The zero-order valence-electron chi connectivity index (χ0n) is 18.3. The van der Waals surface area contributed by atoms with Crippen molar-refractivity contribution >= 4 is 27.9 Å². The highest BCUT2D eigenvalue weighted by Gasteiger charge is 2.64. The van der Waals surface area contributed by atoms with Crippen molar-refractivity contribution in [3.63, 3.8) is 0 Å². The number of carbonyl (C=O) groups is 2. The Balaban J connectivity index is 1.81. The van der Waals surface area contributed by atoms with E-state index in [1.165, 1.54) is 0 Å². The summed E-state index contributed by atoms with van der Waals surface area (Å²) in [4.78, 5) is 25.9. The normalized spacial score (nSPS) is 26.1. The van der Waals surface area contributed by atoms with Crippen molar-refractivity contribution in [1.29, 1.82) is 0 Å². The summed E-state index contributed by atoms with van der Waals surface area (Å²) in [6, 6.07) is 18.3. The maximum absolute atomic E-state index is 13.4. The van der Waals surface area contributed by atoms with Gasteiger partial charge in [0.1, 0.15) is 0 Å². The summed E-state index contributed by atoms with van der Waals surface area (Å²) in [6.07, 6.45) is 2.91. The lowest BCUT2D eigenvalue weighted by Gasteiger charge is -2.28. The number of hydrogen-bond donors (Lipinski definition) is 0. The largest absolute Gasteiger partial charge is 0.468 e. The molecule has 2 aromatic rings. The van der Waals surface area contributed by atoms with Gasteiger partial charge in [0, 0.05) is 22.7 Å². The minimum atomic E-state index is -1.25. The Kier molecular flexibility index (Phi) is 6.70. The molecule has 2 aromatic carbocycles. The molecule has 0 N–H and O–H groups in total. The van der Waals surface area contributed by atoms with Crippen LogP contribution in [0.1, 0.15) is 49.7 Å². The zero-order chi connectivity index (χ0) is 22.7. The van der Waals surface area contributed by atoms with Crippen LogP contribution in [0.15, 0.2) is 70.9 Å². The van der Waals surface area contributed by atoms with Crippen LogP contribution in [0.25, 0.3) is 0 Å². The van der Waals surface area contributed by atoms with Crippen molar-refractivity contribution < 1.29 is 23.8 Å². The third-order valence-electron chi connectivity index (χ3n) is 6.25. The molecule has 4 atom stereocenters. The number of hydrogen-bond acceptors (Lipinski definition) is 5. The fourth-order valence-electron chi connectivity index (χ4n) is 4.91. The minimum Gasteiger partial charge on any atom is -0.468 e. The van der Waals surface area contributed by atoms with E-state index in [0.717, 1.165) is 15.6 Å². The van der Waals surface area contributed by atoms with E-state index in [1.54, 1.807) is 13.0 Å². The molecule has 5 nitrogen and oxygen atoms in total. The monoisotopic (exact) mass is 498 g/mol. The molecule has 0 radical (unpaired) electrons. The topological polar surface area (TPSA) is 61.8 Å². The number of carbonyl (C=O) groups excluding carboxylic acids is 2. The average molecular weight is 499 g/mol. The first-order chi connectivity index (χ1) is 15.5. The predicted molar refractivity (Wildman–Crippen MR) is 124 cm³/mol. The van der Waals surface area contributed by atoms with Crippen LogP contribution in [0.4, 0.5) is 0 Å². The molecule has 1 aliphatic heterocycles. The Hall–Kier alpha value is -2.60. The van der Waals surface area contributed by atoms with E-state index < -0.39 is 17.5 Å². The van der Waals surface area contributed by atoms with Gasteiger partial charge < -0.3 is 14.2 Å². The maximum atomic E-state index is 13.4. The van der Waals surface area contributed by atoms with Crippen LogP contribution < -0.4 is 0 Å². The minimum absolute atomic E-state index is 0.0182. The van der Waals surface area contributed by atoms with E-state index >= 15 is 0 Å². The van der Waals surface area contributed by atoms with Gasteiger partial charge in [-0.05, 0) is 48.6 Å². The Labute approximate surface area is 196 Å². The van der Waals surface area contributed by atoms with Crippen LogP contribution in [0.3, 0.4) is 0 Å². The number of benzene rings is 2. The van der Waals surface area contributed by atoms with Crippen molar-refractivity contribution in [3.8, 4) is 0 Å². The van der Waals surface area contributed by atoms with Crippen LogP contribution in [0, 0.1) is 5.92 Å². The smallest absolute Gasteiger partial charge is 0.373 e. The van der Waals surface area contributed by atoms with Gasteiger partial charge in [-0.15, -0.1) is 0 Å². The summed E-state index contributed by atoms with van der Waals surface area (Å²) in [7, 11) is 0. The fraction of sp³-hybridized carbons (Fsp3) is 0.385. The number of esters is 2. The molecule has 1 saturated carbocycles. The second kappa shape index (κ2) is 9.49. The van der Waals surface area contributed by atoms with Crippen LogP contribution in [-0.4, -0.2) is 30.8 Å². The van der Waals surface area contributed by atoms with Crippen molar-refractivity contribution in [2.75, 3.05) is 13.2 Å². The van der Waals surface area contributed by atoms with Gasteiger partial charge in [0.15, 0.2) is 0 Å². The quantitative estimate of drug-likeness (QED) is 0.471. The summed E-state index contributed by atoms with van der Waals surface area (Å²) in [5.41, 5.74) is 0.963. The van der Waals surface area contributed by atoms with E-state index in [2.05, 4.69) is 40.2 Å². The molecular weight excluding hydrogens is 472 g/mol.